The first-order valence-electron chi connectivity index (χ1n) is 16.9. The number of hydrogen-bond donors (Lipinski definition) is 13. The zero-order valence-corrected chi connectivity index (χ0v) is 32.8. The summed E-state index contributed by atoms with van der Waals surface area (Å²) in [6.45, 7) is 2.10. The highest BCUT2D eigenvalue weighted by Gasteiger charge is 2.37. The molecule has 318 valence electrons. The maximum atomic E-state index is 13.4. The molecule has 23 nitrogen and oxygen atoms in total. The lowest BCUT2D eigenvalue weighted by Crippen LogP contribution is -2.62. The van der Waals surface area contributed by atoms with E-state index in [9.17, 15) is 73.5 Å². The van der Waals surface area contributed by atoms with Gasteiger partial charge in [-0.3, -0.25) is 43.2 Å². The lowest BCUT2D eigenvalue weighted by Gasteiger charge is -2.28. The highest BCUT2D eigenvalue weighted by Crippen LogP contribution is 2.08. The van der Waals surface area contributed by atoms with Gasteiger partial charge in [-0.25, -0.2) is 4.79 Å². The van der Waals surface area contributed by atoms with Crippen LogP contribution in [0, 0.1) is 0 Å². The molecule has 25 heteroatoms. The second-order valence-corrected chi connectivity index (χ2v) is 14.4. The van der Waals surface area contributed by atoms with Crippen molar-refractivity contribution in [3.8, 4) is 0 Å². The maximum Gasteiger partial charge on any atom is 0.326 e. The predicted molar refractivity (Wildman–Crippen MR) is 199 cm³/mol. The molecule has 0 unspecified atom stereocenters. The van der Waals surface area contributed by atoms with Crippen molar-refractivity contribution in [2.45, 2.75) is 107 Å². The van der Waals surface area contributed by atoms with Crippen LogP contribution in [0.15, 0.2) is 0 Å². The van der Waals surface area contributed by atoms with Crippen LogP contribution in [0.4, 0.5) is 0 Å². The molecular weight excluding hydrogens is 789 g/mol. The highest BCUT2D eigenvalue weighted by molar-refractivity contribution is 7.98. The van der Waals surface area contributed by atoms with Gasteiger partial charge in [0.2, 0.25) is 41.4 Å². The highest BCUT2D eigenvalue weighted by atomic mass is 32.2. The first-order valence-corrected chi connectivity index (χ1v) is 19.7. The van der Waals surface area contributed by atoms with Crippen LogP contribution in [0.3, 0.4) is 0 Å². The first-order chi connectivity index (χ1) is 26.0. The molecule has 0 spiro atoms. The van der Waals surface area contributed by atoms with Crippen molar-refractivity contribution in [1.29, 1.82) is 0 Å². The van der Waals surface area contributed by atoms with E-state index in [1.165, 1.54) is 23.5 Å². The van der Waals surface area contributed by atoms with E-state index in [0.717, 1.165) is 13.8 Å². The van der Waals surface area contributed by atoms with Gasteiger partial charge in [-0.15, -0.1) is 0 Å². The number of aliphatic carboxylic acids is 3. The van der Waals surface area contributed by atoms with Gasteiger partial charge in [0, 0.05) is 6.42 Å². The van der Waals surface area contributed by atoms with Crippen LogP contribution >= 0.6 is 23.5 Å². The monoisotopic (exact) mass is 840 g/mol. The van der Waals surface area contributed by atoms with Gasteiger partial charge in [0.15, 0.2) is 0 Å². The fraction of sp³-hybridized carbons (Fsp3) is 0.677. The molecule has 0 bridgehead atoms. The van der Waals surface area contributed by atoms with Crippen LogP contribution in [-0.4, -0.2) is 163 Å². The number of aliphatic hydroxyl groups is 2. The quantitative estimate of drug-likeness (QED) is 0.0350. The Hall–Kier alpha value is -4.72. The number of carbonyl (C=O) groups excluding carboxylic acids is 7. The number of aliphatic hydroxyl groups excluding tert-OH is 2. The van der Waals surface area contributed by atoms with Gasteiger partial charge in [-0.2, -0.15) is 23.5 Å². The largest absolute Gasteiger partial charge is 0.481 e. The third kappa shape index (κ3) is 19.7. The van der Waals surface area contributed by atoms with Crippen molar-refractivity contribution in [2.24, 2.45) is 11.5 Å². The summed E-state index contributed by atoms with van der Waals surface area (Å²) < 4.78 is 0. The molecule has 0 heterocycles. The molecule has 9 atom stereocenters. The fourth-order valence-corrected chi connectivity index (χ4v) is 5.56. The molecule has 0 aliphatic rings. The van der Waals surface area contributed by atoms with Crippen LogP contribution in [-0.2, 0) is 47.9 Å². The lowest BCUT2D eigenvalue weighted by atomic mass is 10.1. The summed E-state index contributed by atoms with van der Waals surface area (Å²) >= 11 is 2.58. The minimum Gasteiger partial charge on any atom is -0.481 e. The van der Waals surface area contributed by atoms with E-state index in [-0.39, 0.29) is 12.8 Å². The fourth-order valence-electron chi connectivity index (χ4n) is 4.62. The summed E-state index contributed by atoms with van der Waals surface area (Å²) in [7, 11) is 0. The number of nitrogens with two attached hydrogens (primary N) is 2. The van der Waals surface area contributed by atoms with Crippen molar-refractivity contribution in [2.75, 3.05) is 24.0 Å². The zero-order chi connectivity index (χ0) is 43.3. The van der Waals surface area contributed by atoms with Gasteiger partial charge in [-0.1, -0.05) is 0 Å². The predicted octanol–water partition coefficient (Wildman–Crippen LogP) is -5.21. The van der Waals surface area contributed by atoms with Crippen molar-refractivity contribution >= 4 is 82.8 Å². The van der Waals surface area contributed by atoms with Crippen molar-refractivity contribution in [1.82, 2.24) is 31.9 Å². The Morgan fingerprint density at radius 2 is 0.929 bits per heavy atom. The summed E-state index contributed by atoms with van der Waals surface area (Å²) in [6, 6.07) is -11.7. The Kier molecular flexibility index (Phi) is 24.0. The average Bonchev–Trinajstić information content (AvgIpc) is 3.09. The number of hydrogen-bond acceptors (Lipinski definition) is 15. The van der Waals surface area contributed by atoms with Gasteiger partial charge in [-0.05, 0) is 57.1 Å². The normalized spacial score (nSPS) is 15.8. The molecule has 0 aromatic rings. The number of carboxylic acids is 3. The van der Waals surface area contributed by atoms with Gasteiger partial charge in [0.1, 0.15) is 36.3 Å². The number of primary amides is 1. The summed E-state index contributed by atoms with van der Waals surface area (Å²) in [6.07, 6.45) is -3.01. The van der Waals surface area contributed by atoms with E-state index in [2.05, 4.69) is 26.6 Å². The Morgan fingerprint density at radius 3 is 1.34 bits per heavy atom. The molecule has 7 amide bonds. The number of rotatable bonds is 28. The van der Waals surface area contributed by atoms with E-state index < -0.39 is 139 Å². The van der Waals surface area contributed by atoms with Crippen molar-refractivity contribution < 1.29 is 73.5 Å². The van der Waals surface area contributed by atoms with Gasteiger partial charge in [0.25, 0.3) is 0 Å². The molecule has 15 N–H and O–H groups in total. The van der Waals surface area contributed by atoms with E-state index in [1.54, 1.807) is 12.5 Å². The Bertz CT molecular complexity index is 1420. The van der Waals surface area contributed by atoms with Crippen molar-refractivity contribution in [3.63, 3.8) is 0 Å². The number of thioether (sulfide) groups is 2. The zero-order valence-electron chi connectivity index (χ0n) is 31.1. The lowest BCUT2D eigenvalue weighted by molar-refractivity contribution is -0.144. The number of nitrogens with one attached hydrogen (secondary N) is 6. The van der Waals surface area contributed by atoms with E-state index >= 15 is 0 Å². The van der Waals surface area contributed by atoms with Gasteiger partial charge < -0.3 is 68.9 Å². The Balaban J connectivity index is 6.26. The Labute approximate surface area is 329 Å². The second kappa shape index (κ2) is 26.2. The molecule has 0 rings (SSSR count). The van der Waals surface area contributed by atoms with Crippen LogP contribution in [0.25, 0.3) is 0 Å². The van der Waals surface area contributed by atoms with Gasteiger partial charge >= 0.3 is 17.9 Å². The van der Waals surface area contributed by atoms with Crippen LogP contribution < -0.4 is 43.4 Å². The van der Waals surface area contributed by atoms with Crippen LogP contribution in [0.5, 0.6) is 0 Å². The van der Waals surface area contributed by atoms with E-state index in [0.29, 0.717) is 11.5 Å². The molecule has 0 fully saturated rings. The minimum absolute atomic E-state index is 0.0171. The SMILES string of the molecule is CSCC[C@H](NC(=O)[C@@H](NC(=O)[C@H](CC(=O)O)NC(=O)[C@@H](NC(=O)[C@H](CCC(=O)O)NC(=O)[C@H](CCSC)NC(=O)[C@@H](N)CC(N)=O)[C@@H](C)O)[C@@H](C)O)C(=O)O. The molecule has 0 saturated carbocycles. The Morgan fingerprint density at radius 1 is 0.536 bits per heavy atom. The number of amides is 7. The summed E-state index contributed by atoms with van der Waals surface area (Å²) in [5.41, 5.74) is 10.7. The summed E-state index contributed by atoms with van der Waals surface area (Å²) in [5.74, 6) is -11.7. The summed E-state index contributed by atoms with van der Waals surface area (Å²) in [5, 5.41) is 61.8. The molecule has 0 saturated heterocycles. The molecule has 0 aromatic carbocycles. The smallest absolute Gasteiger partial charge is 0.326 e. The van der Waals surface area contributed by atoms with E-state index in [4.69, 9.17) is 11.5 Å². The molecule has 0 radical (unpaired) electrons. The molecule has 0 aliphatic heterocycles. The van der Waals surface area contributed by atoms with E-state index in [1.807, 2.05) is 5.32 Å². The maximum absolute atomic E-state index is 13.4. The molecular formula is C31H52N8O15S2. The van der Waals surface area contributed by atoms with Crippen molar-refractivity contribution in [3.05, 3.63) is 0 Å². The second-order valence-electron chi connectivity index (χ2n) is 12.4. The molecule has 0 aliphatic carbocycles. The average molecular weight is 841 g/mol. The first kappa shape index (κ1) is 51.3. The standard InChI is InChI=1S/C31H52N8O15S2/c1-13(40)23(29(51)36-18(31(53)54)8-10-56-4)39-28(50)19(12-22(45)46)37-30(52)24(14(2)41)38-27(49)16(5-6-21(43)44)35-26(48)17(7-9-55-3)34-25(47)15(32)11-20(33)42/h13-19,23-24,40-41H,5-12,32H2,1-4H3,(H2,33,42)(H,34,47)(H,35,48)(H,36,51)(H,37,52)(H,38,49)(H,39,50)(H,43,44)(H,45,46)(H,53,54)/t13-,14-,15+,16+,17+,18+,19+,23+,24+/m1/s1. The third-order valence-electron chi connectivity index (χ3n) is 7.64. The minimum atomic E-state index is -2.01. The number of carbonyl (C=O) groups is 10. The number of carboxylic acid groups (broad SMARTS) is 3. The van der Waals surface area contributed by atoms with Crippen LogP contribution in [0.1, 0.15) is 52.4 Å². The van der Waals surface area contributed by atoms with Crippen LogP contribution in [0.2, 0.25) is 0 Å². The topological polar surface area (TPSA) is 396 Å². The molecule has 56 heavy (non-hydrogen) atoms. The van der Waals surface area contributed by atoms with Gasteiger partial charge in [0.05, 0.1) is 31.1 Å². The molecule has 0 aromatic heterocycles. The third-order valence-corrected chi connectivity index (χ3v) is 8.93. The summed E-state index contributed by atoms with van der Waals surface area (Å²) in [4.78, 5) is 125.